The molecule has 0 atom stereocenters. The average molecular weight is 1080 g/mol. The molecule has 6 aromatic rings. The van der Waals surface area contributed by atoms with Gasteiger partial charge in [-0.1, -0.05) is 0 Å². The monoisotopic (exact) mass is 1080 g/mol. The lowest BCUT2D eigenvalue weighted by atomic mass is 10.0. The summed E-state index contributed by atoms with van der Waals surface area (Å²) in [5.74, 6) is -2.14. The first kappa shape index (κ1) is 52.8. The van der Waals surface area contributed by atoms with Crippen LogP contribution in [0.5, 0.6) is 11.5 Å². The number of aromatic hydroxyl groups is 1. The molecule has 0 spiro atoms. The molecule has 71 heavy (non-hydrogen) atoms. The number of amides is 1. The SMILES string of the molecule is COc1cc(N=Nc2ccc(NS(=O)(=O)c3ccc(N=Nc4c(S(=O)(=O)O)cc5c(S(=O)(=O)O)cc(N=Nc6ccc(S(=O)(=O)CCOS(=O)(=O)O)cc6)c(N)c5c4O)cc3)cc2)c(NC(C)=O)cc1N. The Labute approximate surface area is 403 Å². The first-order valence-electron chi connectivity index (χ1n) is 19.3. The van der Waals surface area contributed by atoms with E-state index in [0.29, 0.717) is 17.8 Å². The van der Waals surface area contributed by atoms with Gasteiger partial charge in [-0.15, -0.1) is 15.3 Å². The number of phenolic OH excluding ortho intramolecular Hbond substituents is 1. The molecule has 374 valence electrons. The molecule has 0 unspecified atom stereocenters. The maximum atomic E-state index is 13.3. The molecule has 1 amide bonds. The number of nitrogens with one attached hydrogen (secondary N) is 2. The Morgan fingerprint density at radius 3 is 1.69 bits per heavy atom. The quantitative estimate of drug-likeness (QED) is 0.0249. The number of rotatable bonds is 18. The van der Waals surface area contributed by atoms with E-state index in [0.717, 1.165) is 48.5 Å². The normalized spacial score (nSPS) is 12.8. The molecule has 0 bridgehead atoms. The fraction of sp³-hybridized carbons (Fsp3) is 0.103. The first-order chi connectivity index (χ1) is 33.1. The van der Waals surface area contributed by atoms with E-state index >= 15 is 0 Å². The van der Waals surface area contributed by atoms with Crippen LogP contribution >= 0.6 is 0 Å². The van der Waals surface area contributed by atoms with Crippen molar-refractivity contribution in [3.8, 4) is 11.5 Å². The number of nitrogens with zero attached hydrogens (tertiary/aromatic N) is 6. The lowest BCUT2D eigenvalue weighted by molar-refractivity contribution is -0.114. The summed E-state index contributed by atoms with van der Waals surface area (Å²) in [5.41, 5.74) is 11.0. The standard InChI is InChI=1S/C39H36N10O17S5/c1-21(50)42-30-18-29(40)33(65-2)19-31(30)46-43-22-3-5-25(6-4-22)49-68(54,55)27-13-9-24(10-14-27)45-48-38-35(70(59,60)61)17-28-34(69(56,57)58)20-32(37(41)36(28)39(38)51)47-44-23-7-11-26(12-8-23)67(52,53)16-15-66-71(62,63)64/h3-14,17-20,49,51H,15-16,40-41H2,1-2H3,(H,42,50)(H,56,57,58)(H,59,60,61)(H,62,63,64). The maximum absolute atomic E-state index is 13.3. The minimum Gasteiger partial charge on any atom is -0.505 e. The summed E-state index contributed by atoms with van der Waals surface area (Å²) in [4.78, 5) is 8.79. The summed E-state index contributed by atoms with van der Waals surface area (Å²) in [6.07, 6.45) is 0. The lowest BCUT2D eigenvalue weighted by Crippen LogP contribution is -2.15. The smallest absolute Gasteiger partial charge is 0.397 e. The van der Waals surface area contributed by atoms with Crippen molar-refractivity contribution >= 4 is 124 Å². The Bertz CT molecular complexity index is 3770. The number of hydrogen-bond acceptors (Lipinski definition) is 22. The van der Waals surface area contributed by atoms with Crippen LogP contribution in [0.3, 0.4) is 0 Å². The number of anilines is 4. The summed E-state index contributed by atoms with van der Waals surface area (Å²) in [7, 11) is -22.6. The van der Waals surface area contributed by atoms with Gasteiger partial charge >= 0.3 is 10.4 Å². The number of phenols is 1. The first-order valence-corrected chi connectivity index (χ1v) is 26.7. The molecule has 0 heterocycles. The van der Waals surface area contributed by atoms with E-state index in [9.17, 15) is 61.1 Å². The summed E-state index contributed by atoms with van der Waals surface area (Å²) in [6, 6.07) is 18.6. The molecule has 0 aliphatic rings. The van der Waals surface area contributed by atoms with E-state index in [4.69, 9.17) is 20.8 Å². The highest BCUT2D eigenvalue weighted by Crippen LogP contribution is 2.48. The van der Waals surface area contributed by atoms with Crippen molar-refractivity contribution in [2.24, 2.45) is 30.7 Å². The number of fused-ring (bicyclic) bond motifs is 1. The van der Waals surface area contributed by atoms with Crippen LogP contribution < -0.4 is 26.2 Å². The Balaban J connectivity index is 1.26. The number of sulfone groups is 1. The molecule has 6 aromatic carbocycles. The molecule has 0 aliphatic heterocycles. The van der Waals surface area contributed by atoms with Gasteiger partial charge in [-0.05, 0) is 91.0 Å². The van der Waals surface area contributed by atoms with Gasteiger partial charge in [0, 0.05) is 24.1 Å². The number of sulfonamides is 1. The molecular formula is C39H36N10O17S5. The second-order valence-electron chi connectivity index (χ2n) is 14.4. The molecule has 27 nitrogen and oxygen atoms in total. The molecule has 6 rings (SSSR count). The van der Waals surface area contributed by atoms with Crippen LogP contribution in [-0.4, -0.2) is 86.2 Å². The largest absolute Gasteiger partial charge is 0.505 e. The van der Waals surface area contributed by atoms with Crippen LogP contribution in [0.4, 0.5) is 56.9 Å². The van der Waals surface area contributed by atoms with Gasteiger partial charge in [-0.2, -0.15) is 40.6 Å². The third kappa shape index (κ3) is 13.0. The molecule has 0 radical (unpaired) electrons. The third-order valence-corrected chi connectivity index (χ3v) is 14.7. The van der Waals surface area contributed by atoms with Crippen LogP contribution in [0.25, 0.3) is 10.8 Å². The van der Waals surface area contributed by atoms with Gasteiger partial charge in [0.25, 0.3) is 30.3 Å². The molecule has 0 aliphatic carbocycles. The van der Waals surface area contributed by atoms with E-state index in [1.54, 1.807) is 0 Å². The molecule has 0 fully saturated rings. The highest BCUT2D eigenvalue weighted by atomic mass is 32.3. The van der Waals surface area contributed by atoms with E-state index in [2.05, 4.69) is 44.9 Å². The van der Waals surface area contributed by atoms with Crippen molar-refractivity contribution in [3.05, 3.63) is 97.1 Å². The van der Waals surface area contributed by atoms with Gasteiger partial charge in [0.05, 0.1) is 68.8 Å². The lowest BCUT2D eigenvalue weighted by Gasteiger charge is -2.14. The van der Waals surface area contributed by atoms with E-state index in [-0.39, 0.29) is 55.6 Å². The average Bonchev–Trinajstić information content (AvgIpc) is 3.27. The molecule has 0 aromatic heterocycles. The second-order valence-corrected chi connectivity index (χ2v) is 22.0. The van der Waals surface area contributed by atoms with Gasteiger partial charge < -0.3 is 26.6 Å². The van der Waals surface area contributed by atoms with Crippen LogP contribution in [0.1, 0.15) is 6.92 Å². The number of carbonyl (C=O) groups is 1. The van der Waals surface area contributed by atoms with Crippen LogP contribution in [0.2, 0.25) is 0 Å². The minimum absolute atomic E-state index is 0.0760. The van der Waals surface area contributed by atoms with E-state index < -0.39 is 106 Å². The zero-order chi connectivity index (χ0) is 52.3. The summed E-state index contributed by atoms with van der Waals surface area (Å²) in [6.45, 7) is 0.399. The number of carbonyl (C=O) groups excluding carboxylic acids is 1. The molecule has 0 saturated heterocycles. The predicted octanol–water partition coefficient (Wildman–Crippen LogP) is 6.81. The number of ether oxygens (including phenoxy) is 1. The van der Waals surface area contributed by atoms with Crippen LogP contribution in [-0.2, 0) is 59.5 Å². The number of azo groups is 3. The van der Waals surface area contributed by atoms with E-state index in [1.165, 1.54) is 50.4 Å². The summed E-state index contributed by atoms with van der Waals surface area (Å²) >= 11 is 0. The van der Waals surface area contributed by atoms with Gasteiger partial charge in [-0.3, -0.25) is 23.2 Å². The minimum atomic E-state index is -5.38. The number of methoxy groups -OCH3 is 1. The zero-order valence-corrected chi connectivity index (χ0v) is 40.2. The third-order valence-electron chi connectivity index (χ3n) is 9.39. The van der Waals surface area contributed by atoms with Crippen molar-refractivity contribution in [2.45, 2.75) is 26.5 Å². The van der Waals surface area contributed by atoms with Crippen molar-refractivity contribution < 1.29 is 74.6 Å². The molecule has 0 saturated carbocycles. The maximum Gasteiger partial charge on any atom is 0.397 e. The van der Waals surface area contributed by atoms with Crippen molar-refractivity contribution in [3.63, 3.8) is 0 Å². The molecule has 10 N–H and O–H groups in total. The van der Waals surface area contributed by atoms with Gasteiger partial charge in [0.15, 0.2) is 15.6 Å². The van der Waals surface area contributed by atoms with E-state index in [1.807, 2.05) is 0 Å². The van der Waals surface area contributed by atoms with Gasteiger partial charge in [0.1, 0.15) is 32.6 Å². The van der Waals surface area contributed by atoms with Gasteiger partial charge in [0.2, 0.25) is 5.91 Å². The zero-order valence-electron chi connectivity index (χ0n) is 36.1. The predicted molar refractivity (Wildman–Crippen MR) is 254 cm³/mol. The highest BCUT2D eigenvalue weighted by Gasteiger charge is 2.29. The fourth-order valence-electron chi connectivity index (χ4n) is 6.15. The molecule has 32 heteroatoms. The Kier molecular flexibility index (Phi) is 15.2. The van der Waals surface area contributed by atoms with Crippen LogP contribution in [0, 0.1) is 0 Å². The van der Waals surface area contributed by atoms with Crippen molar-refractivity contribution in [1.82, 2.24) is 0 Å². The Morgan fingerprint density at radius 1 is 0.648 bits per heavy atom. The van der Waals surface area contributed by atoms with Crippen LogP contribution in [0.15, 0.2) is 147 Å². The Hall–Kier alpha value is -7.56. The number of hydrogen-bond donors (Lipinski definition) is 8. The van der Waals surface area contributed by atoms with Crippen molar-refractivity contribution in [2.75, 3.05) is 41.0 Å². The summed E-state index contributed by atoms with van der Waals surface area (Å²) in [5, 5.41) is 36.2. The number of nitrogen functional groups attached to an aromatic ring is 2. The molecular weight excluding hydrogens is 1040 g/mol. The van der Waals surface area contributed by atoms with Gasteiger partial charge in [-0.25, -0.2) is 21.0 Å². The summed E-state index contributed by atoms with van der Waals surface area (Å²) < 4.78 is 164. The number of nitrogens with two attached hydrogens (primary N) is 2. The van der Waals surface area contributed by atoms with Crippen molar-refractivity contribution in [1.29, 1.82) is 0 Å². The fourth-order valence-corrected chi connectivity index (χ4v) is 10.0. The number of benzene rings is 6. The Morgan fingerprint density at radius 2 is 1.17 bits per heavy atom. The topological polar surface area (TPSA) is 437 Å². The highest BCUT2D eigenvalue weighted by molar-refractivity contribution is 7.92. The second kappa shape index (κ2) is 20.4.